The lowest BCUT2D eigenvalue weighted by Gasteiger charge is -2.30. The minimum Gasteiger partial charge on any atom is -0.0596 e. The Morgan fingerprint density at radius 1 is 0.643 bits per heavy atom. The Morgan fingerprint density at radius 2 is 0.929 bits per heavy atom. The number of hydrogen-bond donors (Lipinski definition) is 0. The van der Waals surface area contributed by atoms with Crippen LogP contribution in [0.1, 0.15) is 78.1 Å². The summed E-state index contributed by atoms with van der Waals surface area (Å²) in [7, 11) is 0. The lowest BCUT2D eigenvalue weighted by molar-refractivity contribution is 0.215. The monoisotopic (exact) mass is 194 g/mol. The zero-order valence-electron chi connectivity index (χ0n) is 10.1. The van der Waals surface area contributed by atoms with Crippen molar-refractivity contribution in [2.75, 3.05) is 0 Å². The van der Waals surface area contributed by atoms with Crippen LogP contribution in [0.3, 0.4) is 0 Å². The molecule has 0 amide bonds. The molecule has 2 aliphatic rings. The quantitative estimate of drug-likeness (QED) is 0.597. The van der Waals surface area contributed by atoms with Gasteiger partial charge in [-0.3, -0.25) is 0 Å². The molecule has 0 heteroatoms. The molecule has 0 saturated heterocycles. The minimum atomic E-state index is 0.728. The molecule has 0 radical (unpaired) electrons. The van der Waals surface area contributed by atoms with Crippen LogP contribution < -0.4 is 0 Å². The van der Waals surface area contributed by atoms with E-state index in [9.17, 15) is 0 Å². The minimum absolute atomic E-state index is 0.728. The summed E-state index contributed by atoms with van der Waals surface area (Å²) in [6, 6.07) is 0. The maximum absolute atomic E-state index is 2.53. The van der Waals surface area contributed by atoms with Crippen LogP contribution in [-0.2, 0) is 0 Å². The van der Waals surface area contributed by atoms with Crippen molar-refractivity contribution >= 4 is 0 Å². The highest BCUT2D eigenvalue weighted by atomic mass is 14.4. The summed E-state index contributed by atoms with van der Waals surface area (Å²) >= 11 is 0. The van der Waals surface area contributed by atoms with Gasteiger partial charge in [0.2, 0.25) is 0 Å². The molecule has 0 aromatic heterocycles. The maximum Gasteiger partial charge on any atom is -0.0326 e. The second-order valence-electron chi connectivity index (χ2n) is 6.54. The van der Waals surface area contributed by atoms with E-state index in [0.29, 0.717) is 0 Å². The molecule has 14 heavy (non-hydrogen) atoms. The fourth-order valence-electron chi connectivity index (χ4n) is 3.56. The SMILES string of the molecule is CC1(CCC2(C)CCCC2)CCCC1. The van der Waals surface area contributed by atoms with Gasteiger partial charge in [0.1, 0.15) is 0 Å². The Bertz CT molecular complexity index is 158. The van der Waals surface area contributed by atoms with Crippen molar-refractivity contribution in [1.82, 2.24) is 0 Å². The summed E-state index contributed by atoms with van der Waals surface area (Å²) in [6.45, 7) is 5.05. The van der Waals surface area contributed by atoms with Crippen molar-refractivity contribution in [3.05, 3.63) is 0 Å². The Labute approximate surface area is 89.5 Å². The predicted molar refractivity (Wildman–Crippen MR) is 62.4 cm³/mol. The van der Waals surface area contributed by atoms with Crippen LogP contribution in [0.4, 0.5) is 0 Å². The van der Waals surface area contributed by atoms with E-state index >= 15 is 0 Å². The molecule has 0 nitrogen and oxygen atoms in total. The first kappa shape index (κ1) is 10.5. The number of rotatable bonds is 3. The van der Waals surface area contributed by atoms with Gasteiger partial charge in [-0.1, -0.05) is 39.5 Å². The molecule has 0 spiro atoms. The van der Waals surface area contributed by atoms with Gasteiger partial charge in [0, 0.05) is 0 Å². The van der Waals surface area contributed by atoms with E-state index in [2.05, 4.69) is 13.8 Å². The molecule has 0 aromatic rings. The van der Waals surface area contributed by atoms with Crippen molar-refractivity contribution in [2.45, 2.75) is 78.1 Å². The van der Waals surface area contributed by atoms with Crippen molar-refractivity contribution in [2.24, 2.45) is 10.8 Å². The van der Waals surface area contributed by atoms with Gasteiger partial charge in [-0.15, -0.1) is 0 Å². The third-order valence-electron chi connectivity index (χ3n) is 4.95. The Kier molecular flexibility index (Phi) is 2.91. The average Bonchev–Trinajstić information content (AvgIpc) is 2.74. The Hall–Kier alpha value is 0. The summed E-state index contributed by atoms with van der Waals surface area (Å²) in [6.07, 6.45) is 15.0. The van der Waals surface area contributed by atoms with Gasteiger partial charge in [-0.25, -0.2) is 0 Å². The van der Waals surface area contributed by atoms with Crippen LogP contribution in [0, 0.1) is 10.8 Å². The van der Waals surface area contributed by atoms with Crippen LogP contribution in [0.15, 0.2) is 0 Å². The lowest BCUT2D eigenvalue weighted by Crippen LogP contribution is -2.18. The topological polar surface area (TPSA) is 0 Å². The van der Waals surface area contributed by atoms with Crippen molar-refractivity contribution < 1.29 is 0 Å². The smallest absolute Gasteiger partial charge is 0.0326 e. The maximum atomic E-state index is 2.53. The van der Waals surface area contributed by atoms with Crippen LogP contribution in [-0.4, -0.2) is 0 Å². The highest BCUT2D eigenvalue weighted by molar-refractivity contribution is 4.86. The Balaban J connectivity index is 1.80. The first-order valence-electron chi connectivity index (χ1n) is 6.62. The zero-order chi connectivity index (χ0) is 10.1. The van der Waals surface area contributed by atoms with E-state index in [4.69, 9.17) is 0 Å². The fourth-order valence-corrected chi connectivity index (χ4v) is 3.56. The zero-order valence-corrected chi connectivity index (χ0v) is 10.1. The molecule has 2 saturated carbocycles. The fraction of sp³-hybridized carbons (Fsp3) is 1.00. The molecule has 0 aromatic carbocycles. The molecule has 0 bridgehead atoms. The van der Waals surface area contributed by atoms with Gasteiger partial charge in [0.25, 0.3) is 0 Å². The molecular weight excluding hydrogens is 168 g/mol. The van der Waals surface area contributed by atoms with Gasteiger partial charge in [0.05, 0.1) is 0 Å². The van der Waals surface area contributed by atoms with Gasteiger partial charge in [-0.2, -0.15) is 0 Å². The molecule has 0 unspecified atom stereocenters. The second kappa shape index (κ2) is 3.87. The van der Waals surface area contributed by atoms with Gasteiger partial charge in [0.15, 0.2) is 0 Å². The summed E-state index contributed by atoms with van der Waals surface area (Å²) in [4.78, 5) is 0. The number of hydrogen-bond acceptors (Lipinski definition) is 0. The first-order chi connectivity index (χ1) is 6.62. The Morgan fingerprint density at radius 3 is 1.21 bits per heavy atom. The predicted octanol–water partition coefficient (Wildman–Crippen LogP) is 4.93. The van der Waals surface area contributed by atoms with Crippen molar-refractivity contribution in [1.29, 1.82) is 0 Å². The lowest BCUT2D eigenvalue weighted by atomic mass is 9.75. The summed E-state index contributed by atoms with van der Waals surface area (Å²) < 4.78 is 0. The highest BCUT2D eigenvalue weighted by Gasteiger charge is 2.34. The molecule has 82 valence electrons. The summed E-state index contributed by atoms with van der Waals surface area (Å²) in [5, 5.41) is 0. The van der Waals surface area contributed by atoms with Gasteiger partial charge < -0.3 is 0 Å². The van der Waals surface area contributed by atoms with Crippen LogP contribution in [0.25, 0.3) is 0 Å². The molecule has 0 heterocycles. The molecular formula is C14H26. The normalized spacial score (nSPS) is 29.6. The standard InChI is InChI=1S/C14H26/c1-13(7-3-4-8-13)11-12-14(2)9-5-6-10-14/h3-12H2,1-2H3. The molecule has 0 aliphatic heterocycles. The van der Waals surface area contributed by atoms with Crippen LogP contribution in [0.5, 0.6) is 0 Å². The molecule has 2 fully saturated rings. The van der Waals surface area contributed by atoms with Crippen LogP contribution >= 0.6 is 0 Å². The van der Waals surface area contributed by atoms with E-state index in [0.717, 1.165) is 10.8 Å². The van der Waals surface area contributed by atoms with Crippen LogP contribution in [0.2, 0.25) is 0 Å². The largest absolute Gasteiger partial charge is 0.0596 e. The third kappa shape index (κ3) is 2.32. The third-order valence-corrected chi connectivity index (χ3v) is 4.95. The van der Waals surface area contributed by atoms with E-state index < -0.39 is 0 Å². The first-order valence-corrected chi connectivity index (χ1v) is 6.62. The molecule has 2 rings (SSSR count). The van der Waals surface area contributed by atoms with E-state index in [1.807, 2.05) is 0 Å². The average molecular weight is 194 g/mol. The molecule has 2 aliphatic carbocycles. The van der Waals surface area contributed by atoms with Gasteiger partial charge >= 0.3 is 0 Å². The molecule has 0 atom stereocenters. The van der Waals surface area contributed by atoms with E-state index in [1.165, 1.54) is 64.2 Å². The summed E-state index contributed by atoms with van der Waals surface area (Å²) in [5.74, 6) is 0. The second-order valence-corrected chi connectivity index (χ2v) is 6.54. The van der Waals surface area contributed by atoms with Crippen molar-refractivity contribution in [3.8, 4) is 0 Å². The van der Waals surface area contributed by atoms with Crippen molar-refractivity contribution in [3.63, 3.8) is 0 Å². The van der Waals surface area contributed by atoms with Gasteiger partial charge in [-0.05, 0) is 49.4 Å². The molecule has 0 N–H and O–H groups in total. The van der Waals surface area contributed by atoms with E-state index in [-0.39, 0.29) is 0 Å². The summed E-state index contributed by atoms with van der Waals surface area (Å²) in [5.41, 5.74) is 1.46. The van der Waals surface area contributed by atoms with E-state index in [1.54, 1.807) is 0 Å². The highest BCUT2D eigenvalue weighted by Crippen LogP contribution is 2.48.